The Kier molecular flexibility index (Phi) is 8.34. The Labute approximate surface area is 177 Å². The first-order valence-electron chi connectivity index (χ1n) is 11.1. The quantitative estimate of drug-likeness (QED) is 0.479. The van der Waals surface area contributed by atoms with Crippen LogP contribution in [0.15, 0.2) is 0 Å². The first-order chi connectivity index (χ1) is 13.0. The number of nitrogens with zero attached hydrogens (tertiary/aromatic N) is 1. The maximum Gasteiger partial charge on any atom is 0.238 e. The molecule has 29 heavy (non-hydrogen) atoms. The predicted octanol–water partition coefficient (Wildman–Crippen LogP) is 3.23. The van der Waals surface area contributed by atoms with Crippen molar-refractivity contribution in [3.63, 3.8) is 0 Å². The third-order valence-electron chi connectivity index (χ3n) is 6.26. The lowest BCUT2D eigenvalue weighted by atomic mass is 9.78. The van der Waals surface area contributed by atoms with Crippen LogP contribution < -0.4 is 5.73 Å². The maximum absolute atomic E-state index is 14.1. The molecule has 1 fully saturated rings. The summed E-state index contributed by atoms with van der Waals surface area (Å²) in [4.78, 5) is 28.2. The minimum atomic E-state index is -1.25. The highest BCUT2D eigenvalue weighted by Gasteiger charge is 2.54. The van der Waals surface area contributed by atoms with E-state index < -0.39 is 34.6 Å². The molecule has 1 aliphatic carbocycles. The second-order valence-corrected chi connectivity index (χ2v) is 11.0. The van der Waals surface area contributed by atoms with E-state index in [1.54, 1.807) is 32.6 Å². The molecule has 0 spiro atoms. The summed E-state index contributed by atoms with van der Waals surface area (Å²) in [5.41, 5.74) is 2.14. The number of nitrogens with two attached hydrogens (primary N) is 1. The summed E-state index contributed by atoms with van der Waals surface area (Å²) in [6.07, 6.45) is 3.54. The molecule has 6 heteroatoms. The van der Waals surface area contributed by atoms with Crippen molar-refractivity contribution >= 4 is 11.8 Å². The van der Waals surface area contributed by atoms with Crippen LogP contribution in [0.4, 0.5) is 0 Å². The molecule has 0 aliphatic heterocycles. The van der Waals surface area contributed by atoms with Crippen LogP contribution in [0.2, 0.25) is 0 Å². The van der Waals surface area contributed by atoms with Crippen molar-refractivity contribution in [1.29, 1.82) is 0 Å². The number of amides is 2. The third-order valence-corrected chi connectivity index (χ3v) is 6.26. The highest BCUT2D eigenvalue weighted by atomic mass is 16.3. The van der Waals surface area contributed by atoms with Crippen molar-refractivity contribution in [2.45, 2.75) is 117 Å². The highest BCUT2D eigenvalue weighted by Crippen LogP contribution is 2.43. The zero-order valence-electron chi connectivity index (χ0n) is 19.8. The standard InChI is InChI=1S/C23H44N2O4/c1-15(2)13-17(21(5,6)28)25(18(14-16(3)4)22(7,8)29)20(27)23(19(24)26)11-9-10-12-23/h15-18,28-29H,9-14H2,1-8H3,(H2,24,26)/t17-,18-/m1/s1. The van der Waals surface area contributed by atoms with E-state index in [9.17, 15) is 19.8 Å². The van der Waals surface area contributed by atoms with Crippen LogP contribution in [0.3, 0.4) is 0 Å². The SMILES string of the molecule is CC(C)C[C@@H](N(C(=O)C1(C(N)=O)CCCC1)[C@H](CC(C)C)C(C)(C)O)C(C)(C)O. The average molecular weight is 413 g/mol. The minimum Gasteiger partial charge on any atom is -0.388 e. The van der Waals surface area contributed by atoms with Crippen LogP contribution >= 0.6 is 0 Å². The Morgan fingerprint density at radius 1 is 0.897 bits per heavy atom. The molecular formula is C23H44N2O4. The summed E-state index contributed by atoms with van der Waals surface area (Å²) >= 11 is 0. The predicted molar refractivity (Wildman–Crippen MR) is 116 cm³/mol. The minimum absolute atomic E-state index is 0.219. The number of carbonyl (C=O) groups excluding carboxylic acids is 2. The molecule has 0 bridgehead atoms. The summed E-state index contributed by atoms with van der Waals surface area (Å²) in [6.45, 7) is 15.0. The molecule has 0 aromatic carbocycles. The Bertz CT molecular complexity index is 538. The monoisotopic (exact) mass is 412 g/mol. The number of primary amides is 1. The van der Waals surface area contributed by atoms with Crippen molar-refractivity contribution in [3.8, 4) is 0 Å². The van der Waals surface area contributed by atoms with Gasteiger partial charge >= 0.3 is 0 Å². The number of aliphatic hydroxyl groups is 2. The second-order valence-electron chi connectivity index (χ2n) is 11.0. The van der Waals surface area contributed by atoms with Gasteiger partial charge in [0.15, 0.2) is 0 Å². The fraction of sp³-hybridized carbons (Fsp3) is 0.913. The molecule has 0 radical (unpaired) electrons. The van der Waals surface area contributed by atoms with Crippen LogP contribution in [0.1, 0.15) is 93.9 Å². The van der Waals surface area contributed by atoms with Crippen LogP contribution in [0.25, 0.3) is 0 Å². The molecule has 0 aromatic rings. The summed E-state index contributed by atoms with van der Waals surface area (Å²) in [7, 11) is 0. The van der Waals surface area contributed by atoms with Crippen molar-refractivity contribution < 1.29 is 19.8 Å². The summed E-state index contributed by atoms with van der Waals surface area (Å²) < 4.78 is 0. The van der Waals surface area contributed by atoms with E-state index >= 15 is 0 Å². The van der Waals surface area contributed by atoms with E-state index in [1.165, 1.54) is 0 Å². The molecule has 4 N–H and O–H groups in total. The molecule has 1 saturated carbocycles. The van der Waals surface area contributed by atoms with Gasteiger partial charge in [-0.1, -0.05) is 40.5 Å². The van der Waals surface area contributed by atoms with Crippen LogP contribution in [0, 0.1) is 17.3 Å². The third kappa shape index (κ3) is 6.17. The van der Waals surface area contributed by atoms with Gasteiger partial charge in [0.1, 0.15) is 5.41 Å². The van der Waals surface area contributed by atoms with Gasteiger partial charge in [0, 0.05) is 0 Å². The molecule has 0 aromatic heterocycles. The summed E-state index contributed by atoms with van der Waals surface area (Å²) in [5, 5.41) is 22.1. The Hall–Kier alpha value is -1.14. The molecule has 0 unspecified atom stereocenters. The van der Waals surface area contributed by atoms with Crippen molar-refractivity contribution in [2.75, 3.05) is 0 Å². The Balaban J connectivity index is 3.66. The Morgan fingerprint density at radius 2 is 1.24 bits per heavy atom. The largest absolute Gasteiger partial charge is 0.388 e. The number of carbonyl (C=O) groups is 2. The normalized spacial score (nSPS) is 19.4. The number of hydrogen-bond donors (Lipinski definition) is 3. The molecule has 2 amide bonds. The first kappa shape index (κ1) is 25.9. The zero-order chi connectivity index (χ0) is 22.8. The average Bonchev–Trinajstić information content (AvgIpc) is 3.01. The van der Waals surface area contributed by atoms with Crippen molar-refractivity contribution in [3.05, 3.63) is 0 Å². The van der Waals surface area contributed by atoms with Gasteiger partial charge in [0.05, 0.1) is 23.3 Å². The topological polar surface area (TPSA) is 104 Å². The van der Waals surface area contributed by atoms with E-state index in [-0.39, 0.29) is 17.7 Å². The summed E-state index contributed by atoms with van der Waals surface area (Å²) in [6, 6.07) is -1.08. The highest BCUT2D eigenvalue weighted by molar-refractivity contribution is 6.05. The maximum atomic E-state index is 14.1. The van der Waals surface area contributed by atoms with E-state index in [0.29, 0.717) is 25.7 Å². The first-order valence-corrected chi connectivity index (χ1v) is 11.1. The lowest BCUT2D eigenvalue weighted by Crippen LogP contribution is -2.65. The van der Waals surface area contributed by atoms with E-state index in [4.69, 9.17) is 5.73 Å². The lowest BCUT2D eigenvalue weighted by Gasteiger charge is -2.50. The van der Waals surface area contributed by atoms with Gasteiger partial charge in [-0.3, -0.25) is 9.59 Å². The zero-order valence-corrected chi connectivity index (χ0v) is 19.8. The molecule has 1 aliphatic rings. The van der Waals surface area contributed by atoms with E-state index in [1.807, 2.05) is 27.7 Å². The molecule has 2 atom stereocenters. The number of rotatable bonds is 10. The second kappa shape index (κ2) is 9.34. The lowest BCUT2D eigenvalue weighted by molar-refractivity contribution is -0.168. The van der Waals surface area contributed by atoms with Crippen LogP contribution in [0.5, 0.6) is 0 Å². The van der Waals surface area contributed by atoms with Gasteiger partial charge in [-0.2, -0.15) is 0 Å². The fourth-order valence-corrected chi connectivity index (χ4v) is 4.67. The van der Waals surface area contributed by atoms with Crippen LogP contribution in [-0.4, -0.2) is 50.2 Å². The van der Waals surface area contributed by atoms with Gasteiger partial charge in [0.25, 0.3) is 0 Å². The Morgan fingerprint density at radius 3 is 1.48 bits per heavy atom. The van der Waals surface area contributed by atoms with Crippen molar-refractivity contribution in [2.24, 2.45) is 23.0 Å². The molecule has 6 nitrogen and oxygen atoms in total. The molecule has 170 valence electrons. The van der Waals surface area contributed by atoms with E-state index in [0.717, 1.165) is 12.8 Å². The van der Waals surface area contributed by atoms with Crippen molar-refractivity contribution in [1.82, 2.24) is 4.90 Å². The van der Waals surface area contributed by atoms with Gasteiger partial charge in [-0.15, -0.1) is 0 Å². The van der Waals surface area contributed by atoms with Gasteiger partial charge in [0.2, 0.25) is 11.8 Å². The van der Waals surface area contributed by atoms with Gasteiger partial charge < -0.3 is 20.8 Å². The van der Waals surface area contributed by atoms with Gasteiger partial charge in [-0.05, 0) is 65.2 Å². The van der Waals surface area contributed by atoms with E-state index in [2.05, 4.69) is 0 Å². The fourth-order valence-electron chi connectivity index (χ4n) is 4.67. The summed E-state index contributed by atoms with van der Waals surface area (Å²) in [5.74, 6) is -0.487. The molecule has 1 rings (SSSR count). The number of hydrogen-bond acceptors (Lipinski definition) is 4. The van der Waals surface area contributed by atoms with Gasteiger partial charge in [-0.25, -0.2) is 0 Å². The molecule has 0 saturated heterocycles. The smallest absolute Gasteiger partial charge is 0.238 e. The molecular weight excluding hydrogens is 368 g/mol. The molecule has 0 heterocycles. The van der Waals surface area contributed by atoms with Crippen LogP contribution in [-0.2, 0) is 9.59 Å².